The van der Waals surface area contributed by atoms with Crippen LogP contribution in [0, 0.1) is 19.8 Å². The minimum absolute atomic E-state index is 0.0356. The van der Waals surface area contributed by atoms with E-state index in [1.807, 2.05) is 19.1 Å². The third kappa shape index (κ3) is 5.95. The number of aromatic nitrogens is 2. The number of nitrogens with zero attached hydrogens (tertiary/aromatic N) is 3. The number of benzene rings is 2. The van der Waals surface area contributed by atoms with Crippen molar-refractivity contribution in [2.24, 2.45) is 5.92 Å². The van der Waals surface area contributed by atoms with Crippen LogP contribution in [-0.2, 0) is 4.79 Å². The standard InChI is InChI=1S/C29H39N5O2/c1-17-12-24(14-25(30)13-17)19(3)31-28-26-15-23(10-11-27(26)32-20(4)33-28)21-6-8-22(9-7-21)29(36)34(5)16-18(2)35/h10-15,18-19,21-22,35H,6-9,16,30H2,1-5H3,(H,31,32,33)/t18-,19+,21?,22?/m0/s1. The predicted molar refractivity (Wildman–Crippen MR) is 146 cm³/mol. The molecule has 1 aliphatic carbocycles. The van der Waals surface area contributed by atoms with E-state index in [1.54, 1.807) is 18.9 Å². The minimum Gasteiger partial charge on any atom is -0.399 e. The maximum atomic E-state index is 12.8. The molecule has 1 amide bonds. The molecule has 1 aromatic heterocycles. The molecule has 3 aromatic rings. The monoisotopic (exact) mass is 489 g/mol. The van der Waals surface area contributed by atoms with Gasteiger partial charge in [0.05, 0.1) is 17.7 Å². The molecular formula is C29H39N5O2. The highest BCUT2D eigenvalue weighted by molar-refractivity contribution is 5.90. The fourth-order valence-electron chi connectivity index (χ4n) is 5.48. The zero-order chi connectivity index (χ0) is 26.0. The zero-order valence-corrected chi connectivity index (χ0v) is 22.1. The Balaban J connectivity index is 1.52. The normalized spacial score (nSPS) is 19.6. The smallest absolute Gasteiger partial charge is 0.225 e. The number of nitrogen functional groups attached to an aromatic ring is 1. The van der Waals surface area contributed by atoms with Crippen LogP contribution < -0.4 is 11.1 Å². The Morgan fingerprint density at radius 3 is 2.50 bits per heavy atom. The van der Waals surface area contributed by atoms with E-state index in [2.05, 4.69) is 48.4 Å². The summed E-state index contributed by atoms with van der Waals surface area (Å²) in [4.78, 5) is 23.9. The van der Waals surface area contributed by atoms with Crippen molar-refractivity contribution in [3.05, 3.63) is 58.9 Å². The summed E-state index contributed by atoms with van der Waals surface area (Å²) < 4.78 is 0. The van der Waals surface area contributed by atoms with Crippen LogP contribution in [0.1, 0.15) is 74.0 Å². The lowest BCUT2D eigenvalue weighted by Crippen LogP contribution is -2.38. The summed E-state index contributed by atoms with van der Waals surface area (Å²) in [5.41, 5.74) is 11.3. The highest BCUT2D eigenvalue weighted by atomic mass is 16.3. The Kier molecular flexibility index (Phi) is 7.79. The highest BCUT2D eigenvalue weighted by Gasteiger charge is 2.29. The van der Waals surface area contributed by atoms with Crippen molar-refractivity contribution in [2.75, 3.05) is 24.6 Å². The van der Waals surface area contributed by atoms with Gasteiger partial charge in [-0.2, -0.15) is 0 Å². The first-order chi connectivity index (χ1) is 17.1. The van der Waals surface area contributed by atoms with Gasteiger partial charge in [0.2, 0.25) is 5.91 Å². The van der Waals surface area contributed by atoms with Gasteiger partial charge in [0.1, 0.15) is 11.6 Å². The molecule has 2 aromatic carbocycles. The fraction of sp³-hybridized carbons (Fsp3) is 0.483. The van der Waals surface area contributed by atoms with E-state index in [1.165, 1.54) is 5.56 Å². The molecule has 0 spiro atoms. The second-order valence-corrected chi connectivity index (χ2v) is 10.6. The predicted octanol–water partition coefficient (Wildman–Crippen LogP) is 5.11. The van der Waals surface area contributed by atoms with E-state index in [-0.39, 0.29) is 17.9 Å². The molecule has 0 unspecified atom stereocenters. The van der Waals surface area contributed by atoms with Gasteiger partial charge in [0.15, 0.2) is 0 Å². The molecule has 1 saturated carbocycles. The van der Waals surface area contributed by atoms with Gasteiger partial charge < -0.3 is 21.1 Å². The van der Waals surface area contributed by atoms with Gasteiger partial charge in [0, 0.05) is 30.6 Å². The van der Waals surface area contributed by atoms with E-state index in [0.29, 0.717) is 12.5 Å². The molecule has 0 radical (unpaired) electrons. The summed E-state index contributed by atoms with van der Waals surface area (Å²) in [5, 5.41) is 14.2. The molecule has 2 atom stereocenters. The average Bonchev–Trinajstić information content (AvgIpc) is 2.82. The number of carbonyl (C=O) groups excluding carboxylic acids is 1. The van der Waals surface area contributed by atoms with Crippen LogP contribution in [0.4, 0.5) is 11.5 Å². The van der Waals surface area contributed by atoms with Crippen molar-refractivity contribution in [2.45, 2.75) is 71.4 Å². The van der Waals surface area contributed by atoms with Crippen molar-refractivity contribution in [1.82, 2.24) is 14.9 Å². The Hall–Kier alpha value is -3.19. The summed E-state index contributed by atoms with van der Waals surface area (Å²) in [5.74, 6) is 2.15. The first-order valence-electron chi connectivity index (χ1n) is 13.0. The van der Waals surface area contributed by atoms with E-state index in [4.69, 9.17) is 10.7 Å². The van der Waals surface area contributed by atoms with Crippen LogP contribution in [0.3, 0.4) is 0 Å². The summed E-state index contributed by atoms with van der Waals surface area (Å²) in [6.45, 7) is 8.18. The number of aryl methyl sites for hydroxylation is 2. The quantitative estimate of drug-likeness (QED) is 0.398. The van der Waals surface area contributed by atoms with Gasteiger partial charge in [-0.15, -0.1) is 0 Å². The molecule has 0 aliphatic heterocycles. The molecule has 36 heavy (non-hydrogen) atoms. The van der Waals surface area contributed by atoms with Crippen molar-refractivity contribution in [3.8, 4) is 0 Å². The number of fused-ring (bicyclic) bond motifs is 1. The number of hydrogen-bond donors (Lipinski definition) is 3. The molecule has 4 N–H and O–H groups in total. The molecular weight excluding hydrogens is 450 g/mol. The van der Waals surface area contributed by atoms with Crippen molar-refractivity contribution in [1.29, 1.82) is 0 Å². The second kappa shape index (κ2) is 10.8. The van der Waals surface area contributed by atoms with Gasteiger partial charge in [-0.25, -0.2) is 9.97 Å². The number of carbonyl (C=O) groups is 1. The van der Waals surface area contributed by atoms with Crippen LogP contribution in [0.15, 0.2) is 36.4 Å². The first-order valence-corrected chi connectivity index (χ1v) is 13.0. The third-order valence-corrected chi connectivity index (χ3v) is 7.27. The number of amides is 1. The minimum atomic E-state index is -0.507. The average molecular weight is 490 g/mol. The lowest BCUT2D eigenvalue weighted by Gasteiger charge is -2.31. The molecule has 1 heterocycles. The van der Waals surface area contributed by atoms with Crippen molar-refractivity contribution in [3.63, 3.8) is 0 Å². The van der Waals surface area contributed by atoms with Gasteiger partial charge in [-0.1, -0.05) is 12.1 Å². The maximum absolute atomic E-state index is 12.8. The second-order valence-electron chi connectivity index (χ2n) is 10.6. The Morgan fingerprint density at radius 1 is 1.11 bits per heavy atom. The number of anilines is 2. The summed E-state index contributed by atoms with van der Waals surface area (Å²) in [7, 11) is 1.78. The SMILES string of the molecule is Cc1cc(N)cc([C@@H](C)Nc2nc(C)nc3ccc(C4CCC(C(=O)N(C)C[C@H](C)O)CC4)cc23)c1. The van der Waals surface area contributed by atoms with Gasteiger partial charge >= 0.3 is 0 Å². The van der Waals surface area contributed by atoms with Crippen LogP contribution >= 0.6 is 0 Å². The maximum Gasteiger partial charge on any atom is 0.225 e. The Morgan fingerprint density at radius 2 is 1.83 bits per heavy atom. The zero-order valence-electron chi connectivity index (χ0n) is 22.1. The van der Waals surface area contributed by atoms with Crippen LogP contribution in [0.2, 0.25) is 0 Å². The summed E-state index contributed by atoms with van der Waals surface area (Å²) >= 11 is 0. The first kappa shape index (κ1) is 25.9. The van der Waals surface area contributed by atoms with Crippen LogP contribution in [-0.4, -0.2) is 45.6 Å². The lowest BCUT2D eigenvalue weighted by atomic mass is 9.78. The van der Waals surface area contributed by atoms with Crippen molar-refractivity contribution >= 4 is 28.3 Å². The van der Waals surface area contributed by atoms with E-state index < -0.39 is 6.10 Å². The number of rotatable bonds is 7. The highest BCUT2D eigenvalue weighted by Crippen LogP contribution is 2.38. The largest absolute Gasteiger partial charge is 0.399 e. The Bertz CT molecular complexity index is 1210. The third-order valence-electron chi connectivity index (χ3n) is 7.27. The fourth-order valence-corrected chi connectivity index (χ4v) is 5.48. The Labute approximate surface area is 214 Å². The van der Waals surface area contributed by atoms with E-state index in [0.717, 1.165) is 65.0 Å². The molecule has 0 saturated heterocycles. The summed E-state index contributed by atoms with van der Waals surface area (Å²) in [6.07, 6.45) is 3.17. The number of likely N-dealkylation sites (N-methyl/N-ethyl adjacent to an activating group) is 1. The van der Waals surface area contributed by atoms with Crippen LogP contribution in [0.5, 0.6) is 0 Å². The molecule has 1 fully saturated rings. The number of aliphatic hydroxyl groups is 1. The number of nitrogens with one attached hydrogen (secondary N) is 1. The van der Waals surface area contributed by atoms with E-state index in [9.17, 15) is 9.90 Å². The molecule has 0 bridgehead atoms. The molecule has 7 nitrogen and oxygen atoms in total. The number of nitrogens with two attached hydrogens (primary N) is 1. The van der Waals surface area contributed by atoms with Crippen molar-refractivity contribution < 1.29 is 9.90 Å². The molecule has 7 heteroatoms. The van der Waals surface area contributed by atoms with Gasteiger partial charge in [-0.05, 0) is 100 Å². The van der Waals surface area contributed by atoms with E-state index >= 15 is 0 Å². The number of hydrogen-bond acceptors (Lipinski definition) is 6. The lowest BCUT2D eigenvalue weighted by molar-refractivity contribution is -0.136. The molecule has 4 rings (SSSR count). The topological polar surface area (TPSA) is 104 Å². The van der Waals surface area contributed by atoms with Crippen LogP contribution in [0.25, 0.3) is 10.9 Å². The van der Waals surface area contributed by atoms with Gasteiger partial charge in [-0.3, -0.25) is 4.79 Å². The summed E-state index contributed by atoms with van der Waals surface area (Å²) in [6, 6.07) is 12.6. The molecule has 192 valence electrons. The molecule has 1 aliphatic rings. The van der Waals surface area contributed by atoms with Gasteiger partial charge in [0.25, 0.3) is 0 Å². The number of aliphatic hydroxyl groups excluding tert-OH is 1.